The summed E-state index contributed by atoms with van der Waals surface area (Å²) < 4.78 is 5.16. The summed E-state index contributed by atoms with van der Waals surface area (Å²) in [6, 6.07) is 13.3. The Balaban J connectivity index is 2.01. The number of hydrogen-bond acceptors (Lipinski definition) is 5. The molecule has 1 amide bonds. The van der Waals surface area contributed by atoms with Gasteiger partial charge >= 0.3 is 0 Å². The molecule has 0 radical (unpaired) electrons. The first kappa shape index (κ1) is 16.2. The molecule has 0 fully saturated rings. The highest BCUT2D eigenvalue weighted by Gasteiger charge is 2.14. The van der Waals surface area contributed by atoms with Crippen LogP contribution in [0.1, 0.15) is 11.1 Å². The van der Waals surface area contributed by atoms with Gasteiger partial charge in [0.1, 0.15) is 5.75 Å². The summed E-state index contributed by atoms with van der Waals surface area (Å²) in [4.78, 5) is 22.2. The number of nitrogens with one attached hydrogen (secondary N) is 1. The first-order valence-electron chi connectivity index (χ1n) is 6.79. The number of rotatable bonds is 6. The van der Waals surface area contributed by atoms with Crippen LogP contribution in [0.25, 0.3) is 0 Å². The zero-order chi connectivity index (χ0) is 16.7. The van der Waals surface area contributed by atoms with Gasteiger partial charge in [-0.3, -0.25) is 14.9 Å². The highest BCUT2D eigenvalue weighted by atomic mass is 16.6. The summed E-state index contributed by atoms with van der Waals surface area (Å²) in [5, 5.41) is 14.7. The minimum Gasteiger partial charge on any atom is -0.496 e. The van der Waals surface area contributed by atoms with E-state index in [0.29, 0.717) is 16.9 Å². The molecular weight excluding hydrogens is 298 g/mol. The molecule has 2 aromatic carbocycles. The maximum atomic E-state index is 11.9. The highest BCUT2D eigenvalue weighted by Crippen LogP contribution is 2.18. The molecule has 0 aliphatic carbocycles. The van der Waals surface area contributed by atoms with E-state index in [9.17, 15) is 14.9 Å². The van der Waals surface area contributed by atoms with Crippen molar-refractivity contribution < 1.29 is 14.5 Å². The van der Waals surface area contributed by atoms with Crippen LogP contribution in [0.3, 0.4) is 0 Å². The van der Waals surface area contributed by atoms with Crippen molar-refractivity contribution in [3.63, 3.8) is 0 Å². The number of carbonyl (C=O) groups is 1. The smallest absolute Gasteiger partial charge is 0.273 e. The molecule has 0 atom stereocenters. The number of amides is 1. The summed E-state index contributed by atoms with van der Waals surface area (Å²) in [6.07, 6.45) is 1.33. The van der Waals surface area contributed by atoms with Crippen LogP contribution in [0, 0.1) is 10.1 Å². The molecule has 7 heteroatoms. The van der Waals surface area contributed by atoms with Gasteiger partial charge in [0.05, 0.1) is 24.7 Å². The number of hydrogen-bond donors (Lipinski definition) is 1. The molecule has 0 saturated carbocycles. The molecule has 118 valence electrons. The normalized spacial score (nSPS) is 10.5. The van der Waals surface area contributed by atoms with Crippen molar-refractivity contribution in [3.05, 3.63) is 69.8 Å². The molecule has 0 unspecified atom stereocenters. The summed E-state index contributed by atoms with van der Waals surface area (Å²) in [5.74, 6) is 0.189. The largest absolute Gasteiger partial charge is 0.496 e. The highest BCUT2D eigenvalue weighted by molar-refractivity contribution is 5.85. The van der Waals surface area contributed by atoms with Gasteiger partial charge in [-0.2, -0.15) is 5.10 Å². The number of ether oxygens (including phenoxy) is 1. The van der Waals surface area contributed by atoms with Crippen molar-refractivity contribution in [2.75, 3.05) is 7.11 Å². The number of nitro benzene ring substituents is 1. The van der Waals surface area contributed by atoms with Crippen LogP contribution < -0.4 is 10.2 Å². The van der Waals surface area contributed by atoms with Crippen LogP contribution in [0.15, 0.2) is 53.6 Å². The molecule has 2 rings (SSSR count). The fraction of sp³-hybridized carbons (Fsp3) is 0.125. The number of para-hydroxylation sites is 2. The molecule has 0 aromatic heterocycles. The molecule has 0 bridgehead atoms. The van der Waals surface area contributed by atoms with E-state index in [4.69, 9.17) is 4.74 Å². The van der Waals surface area contributed by atoms with Crippen LogP contribution in [0.5, 0.6) is 5.75 Å². The van der Waals surface area contributed by atoms with Gasteiger partial charge in [-0.05, 0) is 12.1 Å². The third kappa shape index (κ3) is 4.37. The SMILES string of the molecule is COc1ccccc1/C=N/NC(=O)Cc1ccccc1[N+](=O)[O-]. The summed E-state index contributed by atoms with van der Waals surface area (Å²) >= 11 is 0. The number of methoxy groups -OCH3 is 1. The Morgan fingerprint density at radius 3 is 2.70 bits per heavy atom. The molecule has 0 heterocycles. The van der Waals surface area contributed by atoms with Gasteiger partial charge in [0.25, 0.3) is 5.69 Å². The number of hydrazone groups is 1. The molecule has 0 spiro atoms. The monoisotopic (exact) mass is 313 g/mol. The van der Waals surface area contributed by atoms with Gasteiger partial charge in [0, 0.05) is 17.2 Å². The van der Waals surface area contributed by atoms with Gasteiger partial charge in [0.2, 0.25) is 5.91 Å². The first-order valence-corrected chi connectivity index (χ1v) is 6.79. The Morgan fingerprint density at radius 2 is 1.96 bits per heavy atom. The Labute approximate surface area is 132 Å². The lowest BCUT2D eigenvalue weighted by atomic mass is 10.1. The lowest BCUT2D eigenvalue weighted by Crippen LogP contribution is -2.20. The van der Waals surface area contributed by atoms with Crippen LogP contribution in [0.2, 0.25) is 0 Å². The predicted molar refractivity (Wildman–Crippen MR) is 85.5 cm³/mol. The average molecular weight is 313 g/mol. The number of carbonyl (C=O) groups excluding carboxylic acids is 1. The third-order valence-corrected chi connectivity index (χ3v) is 3.07. The minimum absolute atomic E-state index is 0.0867. The molecule has 0 aliphatic rings. The van der Waals surface area contributed by atoms with Crippen LogP contribution >= 0.6 is 0 Å². The number of nitrogens with zero attached hydrogens (tertiary/aromatic N) is 2. The van der Waals surface area contributed by atoms with Gasteiger partial charge < -0.3 is 4.74 Å². The Morgan fingerprint density at radius 1 is 1.26 bits per heavy atom. The lowest BCUT2D eigenvalue weighted by Gasteiger charge is -2.04. The van der Waals surface area contributed by atoms with Crippen LogP contribution in [-0.4, -0.2) is 24.2 Å². The van der Waals surface area contributed by atoms with E-state index in [0.717, 1.165) is 0 Å². The van der Waals surface area contributed by atoms with E-state index < -0.39 is 10.8 Å². The zero-order valence-corrected chi connectivity index (χ0v) is 12.4. The maximum Gasteiger partial charge on any atom is 0.273 e. The quantitative estimate of drug-likeness (QED) is 0.503. The summed E-state index contributed by atoms with van der Waals surface area (Å²) in [6.45, 7) is 0. The van der Waals surface area contributed by atoms with Gasteiger partial charge in [0.15, 0.2) is 0 Å². The van der Waals surface area contributed by atoms with E-state index in [2.05, 4.69) is 10.5 Å². The fourth-order valence-electron chi connectivity index (χ4n) is 2.00. The Hall–Kier alpha value is -3.22. The zero-order valence-electron chi connectivity index (χ0n) is 12.4. The van der Waals surface area contributed by atoms with Crippen molar-refractivity contribution >= 4 is 17.8 Å². The Kier molecular flexibility index (Phi) is 5.40. The van der Waals surface area contributed by atoms with E-state index in [1.165, 1.54) is 12.3 Å². The molecule has 7 nitrogen and oxygen atoms in total. The minimum atomic E-state index is -0.513. The molecule has 2 aromatic rings. The standard InChI is InChI=1S/C16H15N3O4/c1-23-15-9-5-3-7-13(15)11-17-18-16(20)10-12-6-2-4-8-14(12)19(21)22/h2-9,11H,10H2,1H3,(H,18,20)/b17-11+. The van der Waals surface area contributed by atoms with Crippen molar-refractivity contribution in [1.29, 1.82) is 0 Å². The molecule has 0 saturated heterocycles. The van der Waals surface area contributed by atoms with Crippen molar-refractivity contribution in [1.82, 2.24) is 5.43 Å². The van der Waals surface area contributed by atoms with Gasteiger partial charge in [-0.25, -0.2) is 5.43 Å². The summed E-state index contributed by atoms with van der Waals surface area (Å²) in [5.41, 5.74) is 3.31. The van der Waals surface area contributed by atoms with Crippen molar-refractivity contribution in [2.24, 2.45) is 5.10 Å². The maximum absolute atomic E-state index is 11.9. The van der Waals surface area contributed by atoms with E-state index in [1.54, 1.807) is 37.4 Å². The van der Waals surface area contributed by atoms with Crippen LogP contribution in [-0.2, 0) is 11.2 Å². The number of benzene rings is 2. The topological polar surface area (TPSA) is 93.8 Å². The number of nitro groups is 1. The second-order valence-electron chi connectivity index (χ2n) is 4.60. The van der Waals surface area contributed by atoms with E-state index in [1.807, 2.05) is 12.1 Å². The van der Waals surface area contributed by atoms with Gasteiger partial charge in [-0.1, -0.05) is 30.3 Å². The van der Waals surface area contributed by atoms with Crippen molar-refractivity contribution in [2.45, 2.75) is 6.42 Å². The van der Waals surface area contributed by atoms with Gasteiger partial charge in [-0.15, -0.1) is 0 Å². The van der Waals surface area contributed by atoms with Crippen LogP contribution in [0.4, 0.5) is 5.69 Å². The lowest BCUT2D eigenvalue weighted by molar-refractivity contribution is -0.385. The van der Waals surface area contributed by atoms with E-state index in [-0.39, 0.29) is 12.1 Å². The molecular formula is C16H15N3O4. The third-order valence-electron chi connectivity index (χ3n) is 3.07. The Bertz CT molecular complexity index is 744. The predicted octanol–water partition coefficient (Wildman–Crippen LogP) is 2.30. The van der Waals surface area contributed by atoms with Crippen molar-refractivity contribution in [3.8, 4) is 5.75 Å². The summed E-state index contributed by atoms with van der Waals surface area (Å²) in [7, 11) is 1.54. The molecule has 23 heavy (non-hydrogen) atoms. The average Bonchev–Trinajstić information content (AvgIpc) is 2.55. The molecule has 1 N–H and O–H groups in total. The first-order chi connectivity index (χ1) is 11.1. The fourth-order valence-corrected chi connectivity index (χ4v) is 2.00. The second-order valence-corrected chi connectivity index (χ2v) is 4.60. The van der Waals surface area contributed by atoms with E-state index >= 15 is 0 Å². The second kappa shape index (κ2) is 7.69. The molecule has 0 aliphatic heterocycles.